The molecule has 0 atom stereocenters. The van der Waals surface area contributed by atoms with E-state index in [0.29, 0.717) is 23.3 Å². The van der Waals surface area contributed by atoms with E-state index in [0.717, 1.165) is 43.8 Å². The number of fused-ring (bicyclic) bond motifs is 1. The lowest BCUT2D eigenvalue weighted by Crippen LogP contribution is -2.38. The van der Waals surface area contributed by atoms with Crippen molar-refractivity contribution in [2.75, 3.05) is 46.6 Å². The lowest BCUT2D eigenvalue weighted by atomic mass is 10.2. The first kappa shape index (κ1) is 15.3. The number of halogens is 1. The third-order valence-corrected chi connectivity index (χ3v) is 3.94. The first-order valence-corrected chi connectivity index (χ1v) is 7.57. The third-order valence-electron chi connectivity index (χ3n) is 3.64. The molecule has 0 N–H and O–H groups in total. The van der Waals surface area contributed by atoms with Gasteiger partial charge in [-0.2, -0.15) is 0 Å². The van der Waals surface area contributed by atoms with Gasteiger partial charge in [0, 0.05) is 31.1 Å². The molecular weight excluding hydrogens is 306 g/mol. The third kappa shape index (κ3) is 3.40. The second-order valence-electron chi connectivity index (χ2n) is 4.99. The molecule has 6 nitrogen and oxygen atoms in total. The van der Waals surface area contributed by atoms with Crippen LogP contribution in [0.4, 0.5) is 0 Å². The molecule has 0 aliphatic carbocycles. The molecule has 7 heteroatoms. The number of morpholine rings is 1. The van der Waals surface area contributed by atoms with Crippen molar-refractivity contribution >= 4 is 22.5 Å². The largest absolute Gasteiger partial charge is 0.493 e. The number of ether oxygens (including phenoxy) is 3. The maximum atomic E-state index is 6.08. The molecule has 118 valence electrons. The minimum absolute atomic E-state index is 0.406. The van der Waals surface area contributed by atoms with E-state index in [9.17, 15) is 0 Å². The molecule has 0 amide bonds. The van der Waals surface area contributed by atoms with E-state index in [1.54, 1.807) is 7.11 Å². The maximum absolute atomic E-state index is 6.08. The van der Waals surface area contributed by atoms with Crippen LogP contribution in [0, 0.1) is 0 Å². The Balaban J connectivity index is 1.72. The van der Waals surface area contributed by atoms with Crippen molar-refractivity contribution in [2.45, 2.75) is 0 Å². The first-order valence-electron chi connectivity index (χ1n) is 7.19. The SMILES string of the molecule is COc1cc2c(Cl)ncnc2cc1OCCN1CCOCC1. The number of aromatic nitrogens is 2. The summed E-state index contributed by atoms with van der Waals surface area (Å²) >= 11 is 6.08. The maximum Gasteiger partial charge on any atom is 0.163 e. The highest BCUT2D eigenvalue weighted by Crippen LogP contribution is 2.33. The number of hydrogen-bond acceptors (Lipinski definition) is 6. The molecule has 22 heavy (non-hydrogen) atoms. The van der Waals surface area contributed by atoms with Crippen LogP contribution in [0.5, 0.6) is 11.5 Å². The van der Waals surface area contributed by atoms with E-state index < -0.39 is 0 Å². The van der Waals surface area contributed by atoms with E-state index in [-0.39, 0.29) is 0 Å². The summed E-state index contributed by atoms with van der Waals surface area (Å²) in [4.78, 5) is 10.5. The minimum atomic E-state index is 0.406. The Bertz CT molecular complexity index is 647. The van der Waals surface area contributed by atoms with Crippen LogP contribution in [-0.2, 0) is 4.74 Å². The molecule has 2 aromatic rings. The van der Waals surface area contributed by atoms with Gasteiger partial charge >= 0.3 is 0 Å². The van der Waals surface area contributed by atoms with E-state index in [2.05, 4.69) is 14.9 Å². The first-order chi connectivity index (χ1) is 10.8. The van der Waals surface area contributed by atoms with Gasteiger partial charge in [-0.05, 0) is 6.07 Å². The predicted molar refractivity (Wildman–Crippen MR) is 83.9 cm³/mol. The second-order valence-corrected chi connectivity index (χ2v) is 5.35. The Hall–Kier alpha value is -1.63. The molecule has 1 aromatic heterocycles. The number of nitrogens with zero attached hydrogens (tertiary/aromatic N) is 3. The topological polar surface area (TPSA) is 56.7 Å². The fraction of sp³-hybridized carbons (Fsp3) is 0.467. The van der Waals surface area contributed by atoms with Crippen molar-refractivity contribution in [1.82, 2.24) is 14.9 Å². The smallest absolute Gasteiger partial charge is 0.163 e. The molecule has 1 saturated heterocycles. The van der Waals surface area contributed by atoms with Gasteiger partial charge in [0.2, 0.25) is 0 Å². The summed E-state index contributed by atoms with van der Waals surface area (Å²) in [6.07, 6.45) is 1.44. The van der Waals surface area contributed by atoms with Crippen LogP contribution >= 0.6 is 11.6 Å². The van der Waals surface area contributed by atoms with Crippen molar-refractivity contribution in [3.05, 3.63) is 23.6 Å². The van der Waals surface area contributed by atoms with Crippen molar-refractivity contribution in [3.63, 3.8) is 0 Å². The van der Waals surface area contributed by atoms with Crippen molar-refractivity contribution in [1.29, 1.82) is 0 Å². The van der Waals surface area contributed by atoms with Gasteiger partial charge in [-0.1, -0.05) is 11.6 Å². The Kier molecular flexibility index (Phi) is 4.92. The van der Waals surface area contributed by atoms with Gasteiger partial charge in [-0.3, -0.25) is 4.90 Å². The summed E-state index contributed by atoms with van der Waals surface area (Å²) < 4.78 is 16.6. The zero-order chi connectivity index (χ0) is 15.4. The molecule has 1 aliphatic rings. The summed E-state index contributed by atoms with van der Waals surface area (Å²) in [6.45, 7) is 4.90. The number of hydrogen-bond donors (Lipinski definition) is 0. The Morgan fingerprint density at radius 1 is 1.23 bits per heavy atom. The van der Waals surface area contributed by atoms with Crippen molar-refractivity contribution in [2.24, 2.45) is 0 Å². The summed E-state index contributed by atoms with van der Waals surface area (Å²) in [5.41, 5.74) is 0.738. The van der Waals surface area contributed by atoms with Crippen LogP contribution in [0.2, 0.25) is 5.15 Å². The summed E-state index contributed by atoms with van der Waals surface area (Å²) in [5.74, 6) is 1.30. The lowest BCUT2D eigenvalue weighted by molar-refractivity contribution is 0.0321. The van der Waals surface area contributed by atoms with Crippen LogP contribution in [-0.4, -0.2) is 61.4 Å². The normalized spacial score (nSPS) is 15.9. The monoisotopic (exact) mass is 323 g/mol. The van der Waals surface area contributed by atoms with Crippen molar-refractivity contribution in [3.8, 4) is 11.5 Å². The van der Waals surface area contributed by atoms with Gasteiger partial charge in [0.05, 0.1) is 25.8 Å². The Labute approximate surface area is 134 Å². The fourth-order valence-electron chi connectivity index (χ4n) is 2.41. The lowest BCUT2D eigenvalue weighted by Gasteiger charge is -2.26. The molecule has 1 aliphatic heterocycles. The van der Waals surface area contributed by atoms with Gasteiger partial charge in [-0.15, -0.1) is 0 Å². The molecule has 0 radical (unpaired) electrons. The van der Waals surface area contributed by atoms with E-state index in [4.69, 9.17) is 25.8 Å². The average molecular weight is 324 g/mol. The van der Waals surface area contributed by atoms with Crippen LogP contribution < -0.4 is 9.47 Å². The summed E-state index contributed by atoms with van der Waals surface area (Å²) in [7, 11) is 1.60. The molecule has 0 unspecified atom stereocenters. The molecule has 3 rings (SSSR count). The number of methoxy groups -OCH3 is 1. The number of rotatable bonds is 5. The van der Waals surface area contributed by atoms with Gasteiger partial charge in [0.1, 0.15) is 18.1 Å². The fourth-order valence-corrected chi connectivity index (χ4v) is 2.61. The highest BCUT2D eigenvalue weighted by atomic mass is 35.5. The van der Waals surface area contributed by atoms with Crippen LogP contribution in [0.25, 0.3) is 10.9 Å². The van der Waals surface area contributed by atoms with Gasteiger partial charge < -0.3 is 14.2 Å². The van der Waals surface area contributed by atoms with E-state index >= 15 is 0 Å². The second kappa shape index (κ2) is 7.09. The quantitative estimate of drug-likeness (QED) is 0.785. The molecular formula is C15H18ClN3O3. The van der Waals surface area contributed by atoms with Crippen molar-refractivity contribution < 1.29 is 14.2 Å². The minimum Gasteiger partial charge on any atom is -0.493 e. The highest BCUT2D eigenvalue weighted by molar-refractivity contribution is 6.34. The molecule has 1 aromatic carbocycles. The van der Waals surface area contributed by atoms with Gasteiger partial charge in [0.15, 0.2) is 11.5 Å². The average Bonchev–Trinajstić information content (AvgIpc) is 2.55. The van der Waals surface area contributed by atoms with Crippen LogP contribution in [0.15, 0.2) is 18.5 Å². The molecule has 0 spiro atoms. The number of benzene rings is 1. The van der Waals surface area contributed by atoms with Gasteiger partial charge in [-0.25, -0.2) is 9.97 Å². The standard InChI is InChI=1S/C15H18ClN3O3/c1-20-13-8-11-12(17-10-18-15(11)16)9-14(13)22-7-4-19-2-5-21-6-3-19/h8-10H,2-7H2,1H3. The summed E-state index contributed by atoms with van der Waals surface area (Å²) in [5, 5.41) is 1.16. The predicted octanol–water partition coefficient (Wildman–Crippen LogP) is 2.00. The van der Waals surface area contributed by atoms with E-state index in [1.807, 2.05) is 12.1 Å². The van der Waals surface area contributed by atoms with Gasteiger partial charge in [0.25, 0.3) is 0 Å². The zero-order valence-electron chi connectivity index (χ0n) is 12.4. The summed E-state index contributed by atoms with van der Waals surface area (Å²) in [6, 6.07) is 3.64. The van der Waals surface area contributed by atoms with E-state index in [1.165, 1.54) is 6.33 Å². The van der Waals surface area contributed by atoms with Crippen LogP contribution in [0.1, 0.15) is 0 Å². The Morgan fingerprint density at radius 3 is 2.82 bits per heavy atom. The molecule has 0 bridgehead atoms. The highest BCUT2D eigenvalue weighted by Gasteiger charge is 2.13. The molecule has 1 fully saturated rings. The molecule has 0 saturated carbocycles. The molecule has 2 heterocycles. The zero-order valence-corrected chi connectivity index (χ0v) is 13.2. The Morgan fingerprint density at radius 2 is 2.05 bits per heavy atom. The van der Waals surface area contributed by atoms with Crippen LogP contribution in [0.3, 0.4) is 0 Å².